The van der Waals surface area contributed by atoms with Crippen molar-refractivity contribution in [1.29, 1.82) is 0 Å². The summed E-state index contributed by atoms with van der Waals surface area (Å²) in [6.45, 7) is 4.16. The zero-order chi connectivity index (χ0) is 13.4. The zero-order valence-electron chi connectivity index (χ0n) is 11.2. The molecule has 1 aromatic rings. The third-order valence-corrected chi connectivity index (χ3v) is 2.96. The predicted octanol–water partition coefficient (Wildman–Crippen LogP) is 0.835. The molecule has 0 saturated heterocycles. The molecule has 0 aliphatic rings. The molecule has 0 aliphatic carbocycles. The van der Waals surface area contributed by atoms with Crippen LogP contribution in [0.1, 0.15) is 12.5 Å². The number of hydrogen-bond acceptors (Lipinski definition) is 4. The van der Waals surface area contributed by atoms with E-state index in [0.717, 1.165) is 5.56 Å². The van der Waals surface area contributed by atoms with E-state index in [1.807, 2.05) is 35.2 Å². The third kappa shape index (κ3) is 4.74. The van der Waals surface area contributed by atoms with E-state index in [1.54, 1.807) is 14.0 Å². The lowest BCUT2D eigenvalue weighted by Crippen LogP contribution is -2.41. The Labute approximate surface area is 109 Å². The van der Waals surface area contributed by atoms with Crippen LogP contribution < -0.4 is 0 Å². The first-order valence-electron chi connectivity index (χ1n) is 6.20. The Morgan fingerprint density at radius 2 is 1.89 bits per heavy atom. The first kappa shape index (κ1) is 15.1. The van der Waals surface area contributed by atoms with Crippen LogP contribution in [-0.2, 0) is 10.3 Å². The number of aliphatic hydroxyl groups is 2. The van der Waals surface area contributed by atoms with Crippen molar-refractivity contribution in [3.8, 4) is 0 Å². The average Bonchev–Trinajstić information content (AvgIpc) is 2.37. The summed E-state index contributed by atoms with van der Waals surface area (Å²) >= 11 is 0. The maximum absolute atomic E-state index is 10.5. The first-order chi connectivity index (χ1) is 8.60. The van der Waals surface area contributed by atoms with E-state index in [9.17, 15) is 5.11 Å². The number of ether oxygens (including phenoxy) is 1. The number of benzene rings is 1. The van der Waals surface area contributed by atoms with E-state index in [2.05, 4.69) is 0 Å². The van der Waals surface area contributed by atoms with Crippen LogP contribution in [0.5, 0.6) is 0 Å². The van der Waals surface area contributed by atoms with Gasteiger partial charge < -0.3 is 14.9 Å². The van der Waals surface area contributed by atoms with E-state index in [4.69, 9.17) is 9.84 Å². The van der Waals surface area contributed by atoms with Gasteiger partial charge in [0, 0.05) is 26.7 Å². The quantitative estimate of drug-likeness (QED) is 0.721. The number of methoxy groups -OCH3 is 1. The molecule has 4 heteroatoms. The van der Waals surface area contributed by atoms with Crippen LogP contribution in [0, 0.1) is 0 Å². The Bertz CT molecular complexity index is 327. The van der Waals surface area contributed by atoms with Gasteiger partial charge in [-0.3, -0.25) is 4.90 Å². The summed E-state index contributed by atoms with van der Waals surface area (Å²) < 4.78 is 5.03. The smallest absolute Gasteiger partial charge is 0.0994 e. The highest BCUT2D eigenvalue weighted by molar-refractivity contribution is 5.21. The number of rotatable bonds is 8. The standard InChI is InChI=1S/C14H23NO3/c1-14(17,13-6-4-3-5-7-13)12-15(8-10-16)9-11-18-2/h3-7,16-17H,8-12H2,1-2H3. The second-order valence-electron chi connectivity index (χ2n) is 4.63. The molecule has 2 N–H and O–H groups in total. The van der Waals surface area contributed by atoms with Crippen LogP contribution in [0.3, 0.4) is 0 Å². The Hall–Kier alpha value is -0.940. The summed E-state index contributed by atoms with van der Waals surface area (Å²) in [5.41, 5.74) is -0.0465. The minimum Gasteiger partial charge on any atom is -0.395 e. The van der Waals surface area contributed by atoms with Gasteiger partial charge in [-0.15, -0.1) is 0 Å². The molecular formula is C14H23NO3. The molecule has 18 heavy (non-hydrogen) atoms. The van der Waals surface area contributed by atoms with Crippen molar-refractivity contribution >= 4 is 0 Å². The molecule has 0 bridgehead atoms. The maximum Gasteiger partial charge on any atom is 0.0994 e. The lowest BCUT2D eigenvalue weighted by atomic mass is 9.95. The molecule has 0 heterocycles. The lowest BCUT2D eigenvalue weighted by molar-refractivity contribution is 0.00461. The summed E-state index contributed by atoms with van der Waals surface area (Å²) in [5.74, 6) is 0. The topological polar surface area (TPSA) is 52.9 Å². The summed E-state index contributed by atoms with van der Waals surface area (Å²) in [4.78, 5) is 2.00. The van der Waals surface area contributed by atoms with Crippen LogP contribution in [0.25, 0.3) is 0 Å². The van der Waals surface area contributed by atoms with Gasteiger partial charge in [0.15, 0.2) is 0 Å². The third-order valence-electron chi connectivity index (χ3n) is 2.96. The van der Waals surface area contributed by atoms with Gasteiger partial charge in [-0.1, -0.05) is 30.3 Å². The van der Waals surface area contributed by atoms with E-state index in [0.29, 0.717) is 26.2 Å². The van der Waals surface area contributed by atoms with E-state index < -0.39 is 5.60 Å². The van der Waals surface area contributed by atoms with Crippen molar-refractivity contribution in [2.24, 2.45) is 0 Å². The number of nitrogens with zero attached hydrogens (tertiary/aromatic N) is 1. The van der Waals surface area contributed by atoms with Crippen LogP contribution >= 0.6 is 0 Å². The van der Waals surface area contributed by atoms with Crippen molar-refractivity contribution in [1.82, 2.24) is 4.90 Å². The Morgan fingerprint density at radius 1 is 1.22 bits per heavy atom. The molecule has 1 atom stereocenters. The molecule has 102 valence electrons. The number of hydrogen-bond donors (Lipinski definition) is 2. The van der Waals surface area contributed by atoms with Gasteiger partial charge in [0.1, 0.15) is 0 Å². The Morgan fingerprint density at radius 3 is 2.44 bits per heavy atom. The van der Waals surface area contributed by atoms with Crippen LogP contribution in [0.4, 0.5) is 0 Å². The highest BCUT2D eigenvalue weighted by Crippen LogP contribution is 2.21. The molecule has 1 rings (SSSR count). The van der Waals surface area contributed by atoms with Gasteiger partial charge in [0.2, 0.25) is 0 Å². The Kier molecular flexibility index (Phi) is 6.29. The molecule has 0 radical (unpaired) electrons. The molecule has 1 aromatic carbocycles. The van der Waals surface area contributed by atoms with Crippen molar-refractivity contribution in [2.75, 3.05) is 40.0 Å². The predicted molar refractivity (Wildman–Crippen MR) is 71.4 cm³/mol. The average molecular weight is 253 g/mol. The van der Waals surface area contributed by atoms with E-state index in [1.165, 1.54) is 0 Å². The second kappa shape index (κ2) is 7.48. The lowest BCUT2D eigenvalue weighted by Gasteiger charge is -2.31. The Balaban J connectivity index is 2.66. The van der Waals surface area contributed by atoms with E-state index in [-0.39, 0.29) is 6.61 Å². The monoisotopic (exact) mass is 253 g/mol. The molecular weight excluding hydrogens is 230 g/mol. The van der Waals surface area contributed by atoms with Crippen molar-refractivity contribution in [2.45, 2.75) is 12.5 Å². The summed E-state index contributed by atoms with van der Waals surface area (Å²) in [6, 6.07) is 9.57. The van der Waals surface area contributed by atoms with Gasteiger partial charge in [-0.2, -0.15) is 0 Å². The summed E-state index contributed by atoms with van der Waals surface area (Å²) in [7, 11) is 1.65. The summed E-state index contributed by atoms with van der Waals surface area (Å²) in [6.07, 6.45) is 0. The normalized spacial score (nSPS) is 14.7. The minimum absolute atomic E-state index is 0.0780. The molecule has 0 amide bonds. The molecule has 4 nitrogen and oxygen atoms in total. The van der Waals surface area contributed by atoms with Crippen molar-refractivity contribution in [3.05, 3.63) is 35.9 Å². The fourth-order valence-electron chi connectivity index (χ4n) is 1.96. The highest BCUT2D eigenvalue weighted by atomic mass is 16.5. The molecule has 0 saturated carbocycles. The van der Waals surface area contributed by atoms with Gasteiger partial charge in [0.25, 0.3) is 0 Å². The zero-order valence-corrected chi connectivity index (χ0v) is 11.2. The fraction of sp³-hybridized carbons (Fsp3) is 0.571. The van der Waals surface area contributed by atoms with E-state index >= 15 is 0 Å². The van der Waals surface area contributed by atoms with Gasteiger partial charge >= 0.3 is 0 Å². The highest BCUT2D eigenvalue weighted by Gasteiger charge is 2.25. The maximum atomic E-state index is 10.5. The van der Waals surface area contributed by atoms with Crippen molar-refractivity contribution in [3.63, 3.8) is 0 Å². The van der Waals surface area contributed by atoms with Gasteiger partial charge in [0.05, 0.1) is 18.8 Å². The molecule has 1 unspecified atom stereocenters. The SMILES string of the molecule is COCCN(CCO)CC(C)(O)c1ccccc1. The van der Waals surface area contributed by atoms with Crippen LogP contribution in [0.2, 0.25) is 0 Å². The molecule has 0 aliphatic heterocycles. The van der Waals surface area contributed by atoms with Gasteiger partial charge in [-0.25, -0.2) is 0 Å². The largest absolute Gasteiger partial charge is 0.395 e. The molecule has 0 aromatic heterocycles. The van der Waals surface area contributed by atoms with Crippen LogP contribution in [-0.4, -0.2) is 55.1 Å². The molecule has 0 fully saturated rings. The molecule has 0 spiro atoms. The number of aliphatic hydroxyl groups excluding tert-OH is 1. The van der Waals surface area contributed by atoms with Gasteiger partial charge in [-0.05, 0) is 12.5 Å². The van der Waals surface area contributed by atoms with Crippen LogP contribution in [0.15, 0.2) is 30.3 Å². The minimum atomic E-state index is -0.926. The second-order valence-corrected chi connectivity index (χ2v) is 4.63. The van der Waals surface area contributed by atoms with Crippen molar-refractivity contribution < 1.29 is 14.9 Å². The fourth-order valence-corrected chi connectivity index (χ4v) is 1.96. The first-order valence-corrected chi connectivity index (χ1v) is 6.20. The summed E-state index contributed by atoms with van der Waals surface area (Å²) in [5, 5.41) is 19.6.